The van der Waals surface area contributed by atoms with Crippen LogP contribution in [0.15, 0.2) is 5.16 Å². The largest absolute Gasteiger partial charge is 0.409 e. The summed E-state index contributed by atoms with van der Waals surface area (Å²) in [6.07, 6.45) is 3.18. The molecule has 0 saturated carbocycles. The Hall–Kier alpha value is -0.820. The van der Waals surface area contributed by atoms with E-state index >= 15 is 0 Å². The zero-order chi connectivity index (χ0) is 12.7. The molecule has 1 aliphatic heterocycles. The summed E-state index contributed by atoms with van der Waals surface area (Å²) in [5, 5.41) is 14.5. The number of sulfone groups is 1. The number of nitrogens with one attached hydrogen (secondary N) is 1. The number of oxime groups is 1. The van der Waals surface area contributed by atoms with Gasteiger partial charge < -0.3 is 16.3 Å². The number of hydrogen-bond acceptors (Lipinski definition) is 5. The molecule has 1 rings (SSSR count). The topological polar surface area (TPSA) is 105 Å². The third kappa shape index (κ3) is 5.88. The monoisotopic (exact) mass is 263 g/mol. The molecule has 0 bridgehead atoms. The van der Waals surface area contributed by atoms with E-state index in [-0.39, 0.29) is 11.8 Å². The zero-order valence-electron chi connectivity index (χ0n) is 9.93. The molecule has 17 heavy (non-hydrogen) atoms. The van der Waals surface area contributed by atoms with Crippen molar-refractivity contribution in [3.05, 3.63) is 0 Å². The Kier molecular flexibility index (Phi) is 5.70. The molecule has 4 N–H and O–H groups in total. The molecule has 1 fully saturated rings. The maximum atomic E-state index is 11.2. The van der Waals surface area contributed by atoms with Crippen molar-refractivity contribution in [2.45, 2.75) is 25.7 Å². The molecule has 0 radical (unpaired) electrons. The fourth-order valence-corrected chi connectivity index (χ4v) is 3.81. The summed E-state index contributed by atoms with van der Waals surface area (Å²) in [5.74, 6) is 1.18. The fourth-order valence-electron chi connectivity index (χ4n) is 1.95. The van der Waals surface area contributed by atoms with Crippen LogP contribution in [0.1, 0.15) is 25.7 Å². The van der Waals surface area contributed by atoms with E-state index in [9.17, 15) is 8.42 Å². The second kappa shape index (κ2) is 6.80. The summed E-state index contributed by atoms with van der Waals surface area (Å²) in [4.78, 5) is 0. The summed E-state index contributed by atoms with van der Waals surface area (Å²) < 4.78 is 22.4. The molecule has 1 atom stereocenters. The zero-order valence-corrected chi connectivity index (χ0v) is 10.7. The van der Waals surface area contributed by atoms with Gasteiger partial charge in [0.15, 0.2) is 9.84 Å². The van der Waals surface area contributed by atoms with Gasteiger partial charge in [0.1, 0.15) is 5.84 Å². The molecule has 7 heteroatoms. The Morgan fingerprint density at radius 1 is 1.47 bits per heavy atom. The van der Waals surface area contributed by atoms with Crippen molar-refractivity contribution in [2.75, 3.05) is 24.6 Å². The molecule has 0 aliphatic carbocycles. The van der Waals surface area contributed by atoms with Crippen LogP contribution < -0.4 is 11.1 Å². The van der Waals surface area contributed by atoms with E-state index in [0.717, 1.165) is 32.4 Å². The van der Waals surface area contributed by atoms with Crippen molar-refractivity contribution < 1.29 is 13.6 Å². The highest BCUT2D eigenvalue weighted by Crippen LogP contribution is 2.17. The molecular weight excluding hydrogens is 242 g/mol. The van der Waals surface area contributed by atoms with Crippen LogP contribution >= 0.6 is 0 Å². The van der Waals surface area contributed by atoms with Crippen molar-refractivity contribution in [1.82, 2.24) is 5.32 Å². The van der Waals surface area contributed by atoms with Crippen LogP contribution in [-0.2, 0) is 9.84 Å². The van der Waals surface area contributed by atoms with Gasteiger partial charge in [0.25, 0.3) is 0 Å². The van der Waals surface area contributed by atoms with Crippen molar-refractivity contribution in [3.63, 3.8) is 0 Å². The Morgan fingerprint density at radius 3 is 2.82 bits per heavy atom. The van der Waals surface area contributed by atoms with E-state index in [4.69, 9.17) is 10.9 Å². The first-order valence-electron chi connectivity index (χ1n) is 5.91. The molecule has 6 nitrogen and oxygen atoms in total. The van der Waals surface area contributed by atoms with Gasteiger partial charge in [-0.1, -0.05) is 5.16 Å². The van der Waals surface area contributed by atoms with E-state index in [0.29, 0.717) is 17.9 Å². The van der Waals surface area contributed by atoms with Crippen LogP contribution in [0.5, 0.6) is 0 Å². The van der Waals surface area contributed by atoms with Crippen LogP contribution in [-0.4, -0.2) is 44.1 Å². The molecule has 0 spiro atoms. The Labute approximate surface area is 102 Å². The van der Waals surface area contributed by atoms with Crippen LogP contribution in [0.3, 0.4) is 0 Å². The Morgan fingerprint density at radius 2 is 2.24 bits per heavy atom. The van der Waals surface area contributed by atoms with Gasteiger partial charge in [-0.2, -0.15) is 0 Å². The van der Waals surface area contributed by atoms with Gasteiger partial charge in [0, 0.05) is 6.42 Å². The van der Waals surface area contributed by atoms with Gasteiger partial charge in [-0.05, 0) is 38.3 Å². The molecular formula is C10H21N3O3S. The number of unbranched alkanes of at least 4 members (excludes halogenated alkanes) is 1. The SMILES string of the molecule is NC(CCCCNCC1CCS(=O)(=O)C1)=NO. The first kappa shape index (κ1) is 14.2. The highest BCUT2D eigenvalue weighted by Gasteiger charge is 2.27. The lowest BCUT2D eigenvalue weighted by atomic mass is 10.1. The lowest BCUT2D eigenvalue weighted by Crippen LogP contribution is -2.24. The summed E-state index contributed by atoms with van der Waals surface area (Å²) in [7, 11) is -2.76. The summed E-state index contributed by atoms with van der Waals surface area (Å²) in [6.45, 7) is 1.61. The van der Waals surface area contributed by atoms with Gasteiger partial charge in [0.05, 0.1) is 11.5 Å². The molecule has 0 aromatic carbocycles. The Bertz CT molecular complexity index is 354. The molecule has 1 unspecified atom stereocenters. The van der Waals surface area contributed by atoms with Gasteiger partial charge in [0.2, 0.25) is 0 Å². The number of amidine groups is 1. The second-order valence-corrected chi connectivity index (χ2v) is 6.75. The van der Waals surface area contributed by atoms with Crippen molar-refractivity contribution in [2.24, 2.45) is 16.8 Å². The fraction of sp³-hybridized carbons (Fsp3) is 0.900. The summed E-state index contributed by atoms with van der Waals surface area (Å²) in [6, 6.07) is 0. The van der Waals surface area contributed by atoms with E-state index in [1.54, 1.807) is 0 Å². The highest BCUT2D eigenvalue weighted by molar-refractivity contribution is 7.91. The van der Waals surface area contributed by atoms with Crippen molar-refractivity contribution in [3.8, 4) is 0 Å². The van der Waals surface area contributed by atoms with Gasteiger partial charge in [-0.25, -0.2) is 8.42 Å². The smallest absolute Gasteiger partial charge is 0.150 e. The van der Waals surface area contributed by atoms with Crippen LogP contribution in [0.25, 0.3) is 0 Å². The average molecular weight is 263 g/mol. The first-order valence-corrected chi connectivity index (χ1v) is 7.73. The molecule has 100 valence electrons. The summed E-state index contributed by atoms with van der Waals surface area (Å²) in [5.41, 5.74) is 5.33. The van der Waals surface area contributed by atoms with Crippen molar-refractivity contribution >= 4 is 15.7 Å². The molecule has 1 aliphatic rings. The van der Waals surface area contributed by atoms with Gasteiger partial charge >= 0.3 is 0 Å². The average Bonchev–Trinajstić information content (AvgIpc) is 2.63. The number of nitrogens with two attached hydrogens (primary N) is 1. The van der Waals surface area contributed by atoms with E-state index in [1.165, 1.54) is 0 Å². The molecule has 0 amide bonds. The van der Waals surface area contributed by atoms with Crippen LogP contribution in [0.2, 0.25) is 0 Å². The van der Waals surface area contributed by atoms with E-state index in [2.05, 4.69) is 10.5 Å². The highest BCUT2D eigenvalue weighted by atomic mass is 32.2. The van der Waals surface area contributed by atoms with Gasteiger partial charge in [-0.3, -0.25) is 0 Å². The summed E-state index contributed by atoms with van der Waals surface area (Å²) >= 11 is 0. The van der Waals surface area contributed by atoms with Gasteiger partial charge in [-0.15, -0.1) is 0 Å². The maximum Gasteiger partial charge on any atom is 0.150 e. The maximum absolute atomic E-state index is 11.2. The molecule has 0 aromatic heterocycles. The normalized spacial score (nSPS) is 24.0. The third-order valence-corrected chi connectivity index (χ3v) is 4.76. The third-order valence-electron chi connectivity index (χ3n) is 2.92. The molecule has 1 heterocycles. The van der Waals surface area contributed by atoms with E-state index < -0.39 is 9.84 Å². The number of hydrogen-bond donors (Lipinski definition) is 3. The molecule has 0 aromatic rings. The second-order valence-electron chi connectivity index (χ2n) is 4.52. The minimum atomic E-state index is -2.76. The minimum absolute atomic E-state index is 0.256. The predicted octanol–water partition coefficient (Wildman–Crippen LogP) is -0.0726. The number of nitrogens with zero attached hydrogens (tertiary/aromatic N) is 1. The van der Waals surface area contributed by atoms with Crippen molar-refractivity contribution in [1.29, 1.82) is 0 Å². The quantitative estimate of drug-likeness (QED) is 0.196. The Balaban J connectivity index is 1.98. The van der Waals surface area contributed by atoms with E-state index in [1.807, 2.05) is 0 Å². The lowest BCUT2D eigenvalue weighted by molar-refractivity contribution is 0.316. The standard InChI is InChI=1S/C10H21N3O3S/c11-10(13-14)3-1-2-5-12-7-9-4-6-17(15,16)8-9/h9,12,14H,1-8H2,(H2,11,13). The van der Waals surface area contributed by atoms with Crippen LogP contribution in [0, 0.1) is 5.92 Å². The predicted molar refractivity (Wildman–Crippen MR) is 66.9 cm³/mol. The molecule has 1 saturated heterocycles. The van der Waals surface area contributed by atoms with Crippen LogP contribution in [0.4, 0.5) is 0 Å². The lowest BCUT2D eigenvalue weighted by Gasteiger charge is -2.08. The first-order chi connectivity index (χ1) is 8.03. The number of rotatable bonds is 7. The minimum Gasteiger partial charge on any atom is -0.409 e.